The van der Waals surface area contributed by atoms with Crippen molar-refractivity contribution < 1.29 is 23.1 Å². The molecular weight excluding hydrogens is 370 g/mol. The van der Waals surface area contributed by atoms with Crippen LogP contribution in [0, 0.1) is 0 Å². The van der Waals surface area contributed by atoms with E-state index in [4.69, 9.17) is 41.4 Å². The minimum atomic E-state index is -3.63. The lowest BCUT2D eigenvalue weighted by atomic mass is 10.1. The molecule has 0 bridgehead atoms. The first-order valence-corrected chi connectivity index (χ1v) is 9.46. The Balaban J connectivity index is 1.74. The van der Waals surface area contributed by atoms with Gasteiger partial charge in [0, 0.05) is 18.4 Å². The van der Waals surface area contributed by atoms with E-state index in [0.717, 1.165) is 0 Å². The molecule has 0 aliphatic carbocycles. The fourth-order valence-electron chi connectivity index (χ4n) is 2.79. The molecule has 0 spiro atoms. The van der Waals surface area contributed by atoms with Crippen LogP contribution in [0.1, 0.15) is 6.23 Å². The zero-order chi connectivity index (χ0) is 16.2. The third-order valence-corrected chi connectivity index (χ3v) is 5.55. The third kappa shape index (κ3) is 2.56. The molecule has 0 unspecified atom stereocenters. The quantitative estimate of drug-likeness (QED) is 0.577. The fourth-order valence-corrected chi connectivity index (χ4v) is 4.35. The number of methoxy groups -OCH3 is 1. The maximum absolute atomic E-state index is 11.8. The summed E-state index contributed by atoms with van der Waals surface area (Å²) in [6.45, 7) is -3.58. The number of hydrogen-bond acceptors (Lipinski definition) is 8. The topological polar surface area (TPSA) is 97.6 Å². The summed E-state index contributed by atoms with van der Waals surface area (Å²) in [7, 11) is 1.50. The van der Waals surface area contributed by atoms with Gasteiger partial charge in [-0.2, -0.15) is 0 Å². The summed E-state index contributed by atoms with van der Waals surface area (Å²) < 4.78 is 35.2. The Kier molecular flexibility index (Phi) is 3.85. The predicted octanol–water partition coefficient (Wildman–Crippen LogP) is 2.15. The zero-order valence-corrected chi connectivity index (χ0v) is 14.1. The lowest BCUT2D eigenvalue weighted by Crippen LogP contribution is -2.39. The van der Waals surface area contributed by atoms with Gasteiger partial charge in [0.1, 0.15) is 30.2 Å². The number of aromatic nitrogens is 4. The normalized spacial score (nSPS) is 37.2. The van der Waals surface area contributed by atoms with Crippen molar-refractivity contribution >= 4 is 41.0 Å². The Bertz CT molecular complexity index is 804. The fraction of sp³-hybridized carbons (Fsp3) is 0.545. The lowest BCUT2D eigenvalue weighted by molar-refractivity contribution is -0.0590. The molecule has 2 aliphatic heterocycles. The average Bonchev–Trinajstić information content (AvgIpc) is 3.07. The second kappa shape index (κ2) is 5.63. The Labute approximate surface area is 140 Å². The largest absolute Gasteiger partial charge is 0.424 e. The molecule has 0 radical (unpaired) electrons. The van der Waals surface area contributed by atoms with Crippen molar-refractivity contribution in [2.75, 3.05) is 13.7 Å². The molecule has 12 heteroatoms. The van der Waals surface area contributed by atoms with Crippen LogP contribution in [0.3, 0.4) is 0 Å². The number of fused-ring (bicyclic) bond motifs is 2. The molecule has 0 amide bonds. The van der Waals surface area contributed by atoms with Crippen molar-refractivity contribution in [3.8, 4) is 0 Å². The molecule has 2 saturated heterocycles. The van der Waals surface area contributed by atoms with E-state index in [1.54, 1.807) is 4.57 Å². The van der Waals surface area contributed by atoms with Gasteiger partial charge in [0.25, 0.3) is 0 Å². The van der Waals surface area contributed by atoms with Crippen molar-refractivity contribution in [2.24, 2.45) is 0 Å². The van der Waals surface area contributed by atoms with Gasteiger partial charge in [-0.15, -0.1) is 0 Å². The first-order chi connectivity index (χ1) is 11.0. The third-order valence-electron chi connectivity index (χ3n) is 3.79. The standard InChI is InChI=1S/C11H11Cl2N4O5P/c1-19-8-7-5(2-20-23(13,18)22-7)21-11(8)17-4-16-6-9(12)14-3-15-10(6)17/h3-5,7-8,11H,2H2,1H3/t5-,7-,8-,11-,23-/m1/s1. The summed E-state index contributed by atoms with van der Waals surface area (Å²) in [6.07, 6.45) is 0.586. The van der Waals surface area contributed by atoms with Crippen molar-refractivity contribution in [2.45, 2.75) is 24.5 Å². The molecular formula is C11H11Cl2N4O5P. The van der Waals surface area contributed by atoms with Crippen LogP contribution in [0.2, 0.25) is 5.15 Å². The minimum absolute atomic E-state index is 0.0458. The van der Waals surface area contributed by atoms with Gasteiger partial charge >= 0.3 is 6.95 Å². The Morgan fingerprint density at radius 3 is 3.04 bits per heavy atom. The van der Waals surface area contributed by atoms with Crippen LogP contribution in [-0.2, 0) is 23.1 Å². The summed E-state index contributed by atoms with van der Waals surface area (Å²) in [5, 5.41) is 0.239. The van der Waals surface area contributed by atoms with Crippen molar-refractivity contribution in [1.29, 1.82) is 0 Å². The highest BCUT2D eigenvalue weighted by Gasteiger charge is 2.53. The van der Waals surface area contributed by atoms with Gasteiger partial charge in [-0.3, -0.25) is 13.6 Å². The average molecular weight is 381 g/mol. The molecule has 0 aromatic carbocycles. The van der Waals surface area contributed by atoms with Gasteiger partial charge in [0.2, 0.25) is 0 Å². The van der Waals surface area contributed by atoms with E-state index in [1.165, 1.54) is 19.8 Å². The molecule has 9 nitrogen and oxygen atoms in total. The van der Waals surface area contributed by atoms with Gasteiger partial charge in [0.15, 0.2) is 17.0 Å². The molecule has 2 aromatic heterocycles. The van der Waals surface area contributed by atoms with Gasteiger partial charge in [0.05, 0.1) is 12.9 Å². The molecule has 23 heavy (non-hydrogen) atoms. The highest BCUT2D eigenvalue weighted by Crippen LogP contribution is 2.60. The molecule has 4 heterocycles. The van der Waals surface area contributed by atoms with E-state index in [1.807, 2.05) is 0 Å². The Morgan fingerprint density at radius 1 is 1.43 bits per heavy atom. The maximum Gasteiger partial charge on any atom is 0.424 e. The molecule has 0 N–H and O–H groups in total. The van der Waals surface area contributed by atoms with E-state index in [0.29, 0.717) is 11.2 Å². The van der Waals surface area contributed by atoms with Crippen LogP contribution in [0.15, 0.2) is 12.7 Å². The molecule has 2 fully saturated rings. The molecule has 5 atom stereocenters. The summed E-state index contributed by atoms with van der Waals surface area (Å²) in [5.74, 6) is 0. The van der Waals surface area contributed by atoms with Crippen molar-refractivity contribution in [3.05, 3.63) is 17.8 Å². The number of imidazole rings is 1. The lowest BCUT2D eigenvalue weighted by Gasteiger charge is -2.29. The minimum Gasteiger partial charge on any atom is -0.374 e. The number of rotatable bonds is 2. The number of halogens is 2. The first kappa shape index (κ1) is 15.7. The van der Waals surface area contributed by atoms with E-state index < -0.39 is 31.5 Å². The van der Waals surface area contributed by atoms with Crippen LogP contribution in [0.4, 0.5) is 0 Å². The van der Waals surface area contributed by atoms with Gasteiger partial charge in [-0.25, -0.2) is 19.5 Å². The SMILES string of the molecule is CO[C@@H]1[C@@H]2O[P@@](=O)(Cl)OC[C@H]2O[C@H]1n1cnc2c(Cl)ncnc21. The number of hydrogen-bond donors (Lipinski definition) is 0. The summed E-state index contributed by atoms with van der Waals surface area (Å²) in [4.78, 5) is 12.3. The zero-order valence-electron chi connectivity index (χ0n) is 11.7. The monoisotopic (exact) mass is 380 g/mol. The van der Waals surface area contributed by atoms with Crippen LogP contribution < -0.4 is 0 Å². The summed E-state index contributed by atoms with van der Waals surface area (Å²) >= 11 is 11.7. The van der Waals surface area contributed by atoms with Gasteiger partial charge in [-0.05, 0) is 0 Å². The number of ether oxygens (including phenoxy) is 2. The van der Waals surface area contributed by atoms with E-state index in [9.17, 15) is 4.57 Å². The van der Waals surface area contributed by atoms with E-state index in [2.05, 4.69) is 15.0 Å². The molecule has 124 valence electrons. The van der Waals surface area contributed by atoms with Crippen LogP contribution in [0.25, 0.3) is 11.2 Å². The van der Waals surface area contributed by atoms with Gasteiger partial charge < -0.3 is 9.47 Å². The highest BCUT2D eigenvalue weighted by molar-refractivity contribution is 7.81. The van der Waals surface area contributed by atoms with Crippen LogP contribution in [-0.4, -0.2) is 51.5 Å². The van der Waals surface area contributed by atoms with Gasteiger partial charge in [-0.1, -0.05) is 11.6 Å². The second-order valence-electron chi connectivity index (χ2n) is 5.05. The van der Waals surface area contributed by atoms with Crippen molar-refractivity contribution in [1.82, 2.24) is 19.5 Å². The van der Waals surface area contributed by atoms with E-state index >= 15 is 0 Å². The van der Waals surface area contributed by atoms with Crippen molar-refractivity contribution in [3.63, 3.8) is 0 Å². The predicted molar refractivity (Wildman–Crippen MR) is 79.3 cm³/mol. The number of nitrogens with zero attached hydrogens (tertiary/aromatic N) is 4. The molecule has 0 saturated carbocycles. The highest BCUT2D eigenvalue weighted by atomic mass is 35.7. The van der Waals surface area contributed by atoms with Crippen LogP contribution >= 0.6 is 29.8 Å². The van der Waals surface area contributed by atoms with Crippen LogP contribution in [0.5, 0.6) is 0 Å². The maximum atomic E-state index is 11.8. The second-order valence-corrected chi connectivity index (χ2v) is 7.98. The van der Waals surface area contributed by atoms with E-state index in [-0.39, 0.29) is 11.8 Å². The summed E-state index contributed by atoms with van der Waals surface area (Å²) in [5.41, 5.74) is 0.938. The molecule has 2 aromatic rings. The Hall–Kier alpha value is -0.800. The first-order valence-electron chi connectivity index (χ1n) is 6.64. The smallest absolute Gasteiger partial charge is 0.374 e. The molecule has 4 rings (SSSR count). The molecule has 2 aliphatic rings. The Morgan fingerprint density at radius 2 is 2.26 bits per heavy atom. The summed E-state index contributed by atoms with van der Waals surface area (Å²) in [6, 6.07) is 0.